The van der Waals surface area contributed by atoms with Crippen molar-refractivity contribution in [2.75, 3.05) is 0 Å². The number of hydrogen-bond donors (Lipinski definition) is 0. The van der Waals surface area contributed by atoms with Crippen LogP contribution in [0.3, 0.4) is 0 Å². The first-order valence-electron chi connectivity index (χ1n) is 5.24. The summed E-state index contributed by atoms with van der Waals surface area (Å²) in [6.45, 7) is 5.89. The Morgan fingerprint density at radius 2 is 2.40 bits per heavy atom. The lowest BCUT2D eigenvalue weighted by molar-refractivity contribution is 0.823. The van der Waals surface area contributed by atoms with Gasteiger partial charge < -0.3 is 0 Å². The van der Waals surface area contributed by atoms with Gasteiger partial charge in [-0.25, -0.2) is 0 Å². The molecule has 1 aliphatic rings. The Morgan fingerprint density at radius 1 is 1.60 bits per heavy atom. The van der Waals surface area contributed by atoms with Crippen LogP contribution in [0.4, 0.5) is 0 Å². The van der Waals surface area contributed by atoms with Crippen LogP contribution < -0.4 is 0 Å². The molecule has 1 rings (SSSR count). The van der Waals surface area contributed by atoms with Gasteiger partial charge in [0, 0.05) is 11.9 Å². The first-order chi connectivity index (χ1) is 7.29. The van der Waals surface area contributed by atoms with E-state index in [2.05, 4.69) is 35.1 Å². The zero-order chi connectivity index (χ0) is 11.1. The Bertz CT molecular complexity index is 383. The summed E-state index contributed by atoms with van der Waals surface area (Å²) < 4.78 is 0. The van der Waals surface area contributed by atoms with Gasteiger partial charge in [0.15, 0.2) is 0 Å². The van der Waals surface area contributed by atoms with Gasteiger partial charge >= 0.3 is 0 Å². The van der Waals surface area contributed by atoms with Crippen molar-refractivity contribution in [3.63, 3.8) is 0 Å². The Kier molecular flexibility index (Phi) is 4.63. The SMILES string of the molecule is CC#CC1CC=CC=C1/C(C)=N/C=C\C. The Labute approximate surface area is 92.3 Å². The fourth-order valence-corrected chi connectivity index (χ4v) is 1.57. The summed E-state index contributed by atoms with van der Waals surface area (Å²) in [5.41, 5.74) is 2.30. The van der Waals surface area contributed by atoms with E-state index in [1.165, 1.54) is 5.57 Å². The normalized spacial score (nSPS) is 21.1. The predicted molar refractivity (Wildman–Crippen MR) is 66.7 cm³/mol. The number of hydrogen-bond acceptors (Lipinski definition) is 1. The van der Waals surface area contributed by atoms with Gasteiger partial charge in [0.1, 0.15) is 0 Å². The molecule has 0 spiro atoms. The van der Waals surface area contributed by atoms with Crippen molar-refractivity contribution in [3.05, 3.63) is 36.1 Å². The topological polar surface area (TPSA) is 12.4 Å². The molecule has 0 aliphatic heterocycles. The van der Waals surface area contributed by atoms with Crippen LogP contribution in [0.5, 0.6) is 0 Å². The molecule has 0 heterocycles. The molecule has 15 heavy (non-hydrogen) atoms. The van der Waals surface area contributed by atoms with Gasteiger partial charge in [-0.05, 0) is 32.8 Å². The van der Waals surface area contributed by atoms with Crippen LogP contribution in [0.15, 0.2) is 41.1 Å². The standard InChI is InChI=1S/C14H17N/c1-4-8-13-9-6-7-10-14(13)12(3)15-11-5-2/h5-7,10-11,13H,9H2,1-3H3/b11-5-,15-12+. The summed E-state index contributed by atoms with van der Waals surface area (Å²) in [4.78, 5) is 4.36. The zero-order valence-electron chi connectivity index (χ0n) is 9.62. The highest BCUT2D eigenvalue weighted by atomic mass is 14.7. The Hall–Kier alpha value is -1.55. The monoisotopic (exact) mass is 199 g/mol. The molecule has 1 aliphatic carbocycles. The minimum absolute atomic E-state index is 0.314. The molecule has 1 nitrogen and oxygen atoms in total. The van der Waals surface area contributed by atoms with E-state index in [0.717, 1.165) is 12.1 Å². The lowest BCUT2D eigenvalue weighted by atomic mass is 9.89. The second-order valence-corrected chi connectivity index (χ2v) is 3.43. The van der Waals surface area contributed by atoms with Gasteiger partial charge in [-0.15, -0.1) is 5.92 Å². The van der Waals surface area contributed by atoms with E-state index >= 15 is 0 Å². The summed E-state index contributed by atoms with van der Waals surface area (Å²) in [6, 6.07) is 0. The summed E-state index contributed by atoms with van der Waals surface area (Å²) in [6.07, 6.45) is 11.1. The second-order valence-electron chi connectivity index (χ2n) is 3.43. The maximum atomic E-state index is 4.36. The van der Waals surface area contributed by atoms with Crippen molar-refractivity contribution in [2.24, 2.45) is 10.9 Å². The van der Waals surface area contributed by atoms with Crippen molar-refractivity contribution in [1.29, 1.82) is 0 Å². The lowest BCUT2D eigenvalue weighted by Crippen LogP contribution is -2.10. The average molecular weight is 199 g/mol. The second kappa shape index (κ2) is 6.03. The molecular weight excluding hydrogens is 182 g/mol. The molecule has 0 saturated carbocycles. The van der Waals surface area contributed by atoms with Crippen LogP contribution >= 0.6 is 0 Å². The molecule has 1 heteroatoms. The number of nitrogens with zero attached hydrogens (tertiary/aromatic N) is 1. The summed E-state index contributed by atoms with van der Waals surface area (Å²) in [5.74, 6) is 6.51. The largest absolute Gasteiger partial charge is 0.262 e. The summed E-state index contributed by atoms with van der Waals surface area (Å²) in [5, 5.41) is 0. The average Bonchev–Trinajstić information content (AvgIpc) is 2.27. The van der Waals surface area contributed by atoms with E-state index in [1.54, 1.807) is 0 Å². The maximum absolute atomic E-state index is 4.36. The van der Waals surface area contributed by atoms with E-state index in [1.807, 2.05) is 33.0 Å². The van der Waals surface area contributed by atoms with Crippen molar-refractivity contribution < 1.29 is 0 Å². The van der Waals surface area contributed by atoms with Gasteiger partial charge in [-0.2, -0.15) is 0 Å². The minimum atomic E-state index is 0.314. The van der Waals surface area contributed by atoms with E-state index in [4.69, 9.17) is 0 Å². The molecule has 0 aromatic carbocycles. The molecule has 0 bridgehead atoms. The molecule has 78 valence electrons. The molecule has 0 amide bonds. The molecule has 0 saturated heterocycles. The molecular formula is C14H17N. The van der Waals surface area contributed by atoms with Crippen LogP contribution in [0.2, 0.25) is 0 Å². The maximum Gasteiger partial charge on any atom is 0.0504 e. The van der Waals surface area contributed by atoms with Crippen LogP contribution in [0.1, 0.15) is 27.2 Å². The number of rotatable bonds is 2. The Morgan fingerprint density at radius 3 is 3.07 bits per heavy atom. The van der Waals surface area contributed by atoms with Gasteiger partial charge in [0.25, 0.3) is 0 Å². The van der Waals surface area contributed by atoms with E-state index in [9.17, 15) is 0 Å². The third kappa shape index (κ3) is 3.25. The number of aliphatic imine (C=N–C) groups is 1. The van der Waals surface area contributed by atoms with E-state index in [0.29, 0.717) is 5.92 Å². The molecule has 1 atom stereocenters. The molecule has 0 fully saturated rings. The van der Waals surface area contributed by atoms with Crippen molar-refractivity contribution in [2.45, 2.75) is 27.2 Å². The fraction of sp³-hybridized carbons (Fsp3) is 0.357. The van der Waals surface area contributed by atoms with Crippen molar-refractivity contribution >= 4 is 5.71 Å². The number of allylic oxidation sites excluding steroid dienone is 5. The Balaban J connectivity index is 2.92. The highest BCUT2D eigenvalue weighted by molar-refractivity contribution is 6.00. The molecule has 0 radical (unpaired) electrons. The van der Waals surface area contributed by atoms with E-state index in [-0.39, 0.29) is 0 Å². The van der Waals surface area contributed by atoms with Gasteiger partial charge in [-0.3, -0.25) is 4.99 Å². The molecule has 1 unspecified atom stereocenters. The molecule has 0 N–H and O–H groups in total. The smallest absolute Gasteiger partial charge is 0.0504 e. The first-order valence-corrected chi connectivity index (χ1v) is 5.24. The van der Waals surface area contributed by atoms with Crippen molar-refractivity contribution in [3.8, 4) is 11.8 Å². The summed E-state index contributed by atoms with van der Waals surface area (Å²) >= 11 is 0. The van der Waals surface area contributed by atoms with Gasteiger partial charge in [-0.1, -0.05) is 30.2 Å². The minimum Gasteiger partial charge on any atom is -0.262 e. The molecule has 0 aromatic heterocycles. The first kappa shape index (κ1) is 11.5. The van der Waals surface area contributed by atoms with Crippen LogP contribution in [0, 0.1) is 17.8 Å². The quantitative estimate of drug-likeness (QED) is 0.476. The van der Waals surface area contributed by atoms with Gasteiger partial charge in [0.2, 0.25) is 0 Å². The lowest BCUT2D eigenvalue weighted by Gasteiger charge is -2.15. The van der Waals surface area contributed by atoms with Crippen LogP contribution in [-0.4, -0.2) is 5.71 Å². The highest BCUT2D eigenvalue weighted by Crippen LogP contribution is 2.21. The molecule has 0 aromatic rings. The third-order valence-electron chi connectivity index (χ3n) is 2.31. The predicted octanol–water partition coefficient (Wildman–Crippen LogP) is 3.51. The van der Waals surface area contributed by atoms with Crippen LogP contribution in [0.25, 0.3) is 0 Å². The highest BCUT2D eigenvalue weighted by Gasteiger charge is 2.14. The van der Waals surface area contributed by atoms with Crippen molar-refractivity contribution in [1.82, 2.24) is 0 Å². The third-order valence-corrected chi connectivity index (χ3v) is 2.31. The zero-order valence-corrected chi connectivity index (χ0v) is 9.62. The summed E-state index contributed by atoms with van der Waals surface area (Å²) in [7, 11) is 0. The fourth-order valence-electron chi connectivity index (χ4n) is 1.57. The van der Waals surface area contributed by atoms with Crippen LogP contribution in [-0.2, 0) is 0 Å². The van der Waals surface area contributed by atoms with E-state index < -0.39 is 0 Å². The van der Waals surface area contributed by atoms with Gasteiger partial charge in [0.05, 0.1) is 5.92 Å².